The molecule has 4 aromatic rings. The van der Waals surface area contributed by atoms with Gasteiger partial charge >= 0.3 is 0 Å². The summed E-state index contributed by atoms with van der Waals surface area (Å²) >= 11 is 5.03. The van der Waals surface area contributed by atoms with Crippen LogP contribution in [0.15, 0.2) is 40.4 Å². The van der Waals surface area contributed by atoms with Gasteiger partial charge in [-0.25, -0.2) is 4.98 Å². The molecule has 1 amide bonds. The fourth-order valence-corrected chi connectivity index (χ4v) is 3.80. The van der Waals surface area contributed by atoms with Crippen molar-refractivity contribution in [2.24, 2.45) is 0 Å². The third-order valence-corrected chi connectivity index (χ3v) is 5.30. The largest absolute Gasteiger partial charge is 0.349 e. The van der Waals surface area contributed by atoms with Crippen LogP contribution in [0.1, 0.15) is 16.3 Å². The Labute approximate surface area is 148 Å². The molecule has 0 aromatic carbocycles. The van der Waals surface area contributed by atoms with Crippen molar-refractivity contribution in [1.29, 1.82) is 0 Å². The van der Waals surface area contributed by atoms with E-state index in [0.29, 0.717) is 17.3 Å². The molecule has 3 N–H and O–H groups in total. The average Bonchev–Trinajstić information content (AvgIpc) is 3.31. The highest BCUT2D eigenvalue weighted by atomic mass is 79.9. The minimum Gasteiger partial charge on any atom is -0.349 e. The normalized spacial score (nSPS) is 11.0. The third kappa shape index (κ3) is 2.83. The first-order valence-corrected chi connectivity index (χ1v) is 8.73. The maximum Gasteiger partial charge on any atom is 0.268 e. The molecule has 4 rings (SSSR count). The van der Waals surface area contributed by atoms with Crippen molar-refractivity contribution in [3.05, 3.63) is 52.0 Å². The van der Waals surface area contributed by atoms with E-state index in [0.717, 1.165) is 20.3 Å². The maximum atomic E-state index is 12.3. The van der Waals surface area contributed by atoms with Gasteiger partial charge in [-0.15, -0.1) is 11.3 Å². The van der Waals surface area contributed by atoms with Gasteiger partial charge in [0.05, 0.1) is 21.2 Å². The van der Waals surface area contributed by atoms with Crippen LogP contribution in [-0.4, -0.2) is 31.1 Å². The number of hydrogen-bond acceptors (Lipinski definition) is 5. The van der Waals surface area contributed by atoms with Crippen LogP contribution in [0.2, 0.25) is 0 Å². The lowest BCUT2D eigenvalue weighted by Gasteiger charge is -2.00. The maximum absolute atomic E-state index is 12.3. The predicted octanol–water partition coefficient (Wildman–Crippen LogP) is 3.10. The highest BCUT2D eigenvalue weighted by Gasteiger charge is 2.13. The molecule has 120 valence electrons. The van der Waals surface area contributed by atoms with Crippen LogP contribution >= 0.6 is 27.3 Å². The summed E-state index contributed by atoms with van der Waals surface area (Å²) in [5.41, 5.74) is 2.32. The Morgan fingerprint density at radius 3 is 2.96 bits per heavy atom. The molecule has 4 aromatic heterocycles. The minimum atomic E-state index is -0.188. The third-order valence-electron chi connectivity index (χ3n) is 3.44. The summed E-state index contributed by atoms with van der Waals surface area (Å²) in [5, 5.41) is 11.8. The van der Waals surface area contributed by atoms with E-state index in [1.54, 1.807) is 23.7 Å². The first kappa shape index (κ1) is 15.0. The fraction of sp³-hybridized carbons (Fsp3) is 0.0667. The van der Waals surface area contributed by atoms with E-state index >= 15 is 0 Å². The quantitative estimate of drug-likeness (QED) is 0.488. The zero-order valence-electron chi connectivity index (χ0n) is 12.2. The second-order valence-electron chi connectivity index (χ2n) is 5.03. The standard InChI is InChI=1S/C15H11BrN6OS/c16-9-7-24-11-5-10(19-13(9)11)15(23)18-6-12-20-14(22-21-12)8-1-3-17-4-2-8/h1-5,7,19H,6H2,(H,18,23)(H,20,21,22). The van der Waals surface area contributed by atoms with Crippen molar-refractivity contribution >= 4 is 43.4 Å². The molecule has 7 nitrogen and oxygen atoms in total. The van der Waals surface area contributed by atoms with E-state index in [1.165, 1.54) is 0 Å². The molecular formula is C15H11BrN6OS. The number of aromatic amines is 2. The van der Waals surface area contributed by atoms with Crippen LogP contribution < -0.4 is 5.32 Å². The van der Waals surface area contributed by atoms with E-state index in [1.807, 2.05) is 23.6 Å². The summed E-state index contributed by atoms with van der Waals surface area (Å²) in [7, 11) is 0. The van der Waals surface area contributed by atoms with Gasteiger partial charge in [-0.05, 0) is 34.1 Å². The van der Waals surface area contributed by atoms with Crippen LogP contribution in [0.4, 0.5) is 0 Å². The number of thiophene rings is 1. The van der Waals surface area contributed by atoms with Gasteiger partial charge < -0.3 is 10.3 Å². The van der Waals surface area contributed by atoms with Crippen molar-refractivity contribution in [3.8, 4) is 11.4 Å². The van der Waals surface area contributed by atoms with Crippen molar-refractivity contribution in [3.63, 3.8) is 0 Å². The smallest absolute Gasteiger partial charge is 0.268 e. The van der Waals surface area contributed by atoms with Crippen molar-refractivity contribution in [1.82, 2.24) is 30.5 Å². The van der Waals surface area contributed by atoms with E-state index in [-0.39, 0.29) is 12.5 Å². The molecule has 24 heavy (non-hydrogen) atoms. The molecule has 0 aliphatic heterocycles. The van der Waals surface area contributed by atoms with Crippen molar-refractivity contribution < 1.29 is 4.79 Å². The summed E-state index contributed by atoms with van der Waals surface area (Å²) in [5.74, 6) is 0.975. The number of aromatic nitrogens is 5. The van der Waals surface area contributed by atoms with Gasteiger partial charge in [0.1, 0.15) is 11.5 Å². The number of rotatable bonds is 4. The lowest BCUT2D eigenvalue weighted by atomic mass is 10.2. The molecule has 0 spiro atoms. The minimum absolute atomic E-state index is 0.188. The highest BCUT2D eigenvalue weighted by Crippen LogP contribution is 2.30. The van der Waals surface area contributed by atoms with E-state index in [2.05, 4.69) is 46.4 Å². The second-order valence-corrected chi connectivity index (χ2v) is 6.80. The van der Waals surface area contributed by atoms with Gasteiger partial charge in [-0.3, -0.25) is 14.9 Å². The molecular weight excluding hydrogens is 392 g/mol. The number of nitrogens with one attached hydrogen (secondary N) is 3. The Morgan fingerprint density at radius 1 is 1.33 bits per heavy atom. The SMILES string of the molecule is O=C(NCc1nc(-c2ccncc2)n[nH]1)c1cc2scc(Br)c2[nH]1. The van der Waals surface area contributed by atoms with Gasteiger partial charge in [0.2, 0.25) is 0 Å². The summed E-state index contributed by atoms with van der Waals surface area (Å²) in [6.45, 7) is 0.269. The topological polar surface area (TPSA) is 99.3 Å². The zero-order valence-corrected chi connectivity index (χ0v) is 14.6. The van der Waals surface area contributed by atoms with Gasteiger partial charge in [0.15, 0.2) is 5.82 Å². The number of halogens is 1. The number of carbonyl (C=O) groups is 1. The van der Waals surface area contributed by atoms with Crippen LogP contribution in [0.5, 0.6) is 0 Å². The van der Waals surface area contributed by atoms with E-state index in [4.69, 9.17) is 0 Å². The molecule has 0 fully saturated rings. The summed E-state index contributed by atoms with van der Waals surface area (Å²) in [4.78, 5) is 23.7. The zero-order chi connectivity index (χ0) is 16.5. The van der Waals surface area contributed by atoms with Crippen LogP contribution in [0.3, 0.4) is 0 Å². The summed E-state index contributed by atoms with van der Waals surface area (Å²) in [6.07, 6.45) is 3.37. The summed E-state index contributed by atoms with van der Waals surface area (Å²) < 4.78 is 1.99. The average molecular weight is 403 g/mol. The lowest BCUT2D eigenvalue weighted by Crippen LogP contribution is -2.23. The van der Waals surface area contributed by atoms with Crippen molar-refractivity contribution in [2.45, 2.75) is 6.54 Å². The first-order chi connectivity index (χ1) is 11.7. The number of fused-ring (bicyclic) bond motifs is 1. The number of nitrogens with zero attached hydrogens (tertiary/aromatic N) is 3. The molecule has 0 atom stereocenters. The number of H-pyrrole nitrogens is 2. The van der Waals surface area contributed by atoms with Crippen LogP contribution in [-0.2, 0) is 6.54 Å². The molecule has 0 aliphatic rings. The number of hydrogen-bond donors (Lipinski definition) is 3. The number of pyridine rings is 1. The van der Waals surface area contributed by atoms with Crippen molar-refractivity contribution in [2.75, 3.05) is 0 Å². The molecule has 0 aliphatic carbocycles. The molecule has 0 saturated carbocycles. The Hall–Kier alpha value is -2.52. The molecule has 0 bridgehead atoms. The Kier molecular flexibility index (Phi) is 3.87. The molecule has 0 saturated heterocycles. The van der Waals surface area contributed by atoms with Crippen LogP contribution in [0.25, 0.3) is 21.6 Å². The number of carbonyl (C=O) groups excluding carboxylic acids is 1. The molecule has 0 radical (unpaired) electrons. The Balaban J connectivity index is 1.45. The lowest BCUT2D eigenvalue weighted by molar-refractivity contribution is 0.0946. The first-order valence-electron chi connectivity index (χ1n) is 7.06. The van der Waals surface area contributed by atoms with Gasteiger partial charge in [0.25, 0.3) is 5.91 Å². The van der Waals surface area contributed by atoms with E-state index in [9.17, 15) is 4.79 Å². The second kappa shape index (κ2) is 6.17. The predicted molar refractivity (Wildman–Crippen MR) is 94.7 cm³/mol. The van der Waals surface area contributed by atoms with Crippen LogP contribution in [0, 0.1) is 0 Å². The Morgan fingerprint density at radius 2 is 2.17 bits per heavy atom. The van der Waals surface area contributed by atoms with Gasteiger partial charge in [0, 0.05) is 23.3 Å². The number of amides is 1. The summed E-state index contributed by atoms with van der Waals surface area (Å²) in [6, 6.07) is 5.49. The van der Waals surface area contributed by atoms with Gasteiger partial charge in [-0.2, -0.15) is 5.10 Å². The van der Waals surface area contributed by atoms with E-state index < -0.39 is 0 Å². The molecule has 4 heterocycles. The van der Waals surface area contributed by atoms with Gasteiger partial charge in [-0.1, -0.05) is 0 Å². The Bertz CT molecular complexity index is 1010. The fourth-order valence-electron chi connectivity index (χ4n) is 2.27. The molecule has 0 unspecified atom stereocenters. The highest BCUT2D eigenvalue weighted by molar-refractivity contribution is 9.10. The monoisotopic (exact) mass is 402 g/mol. The molecule has 9 heteroatoms.